The van der Waals surface area contributed by atoms with Crippen molar-refractivity contribution in [2.45, 2.75) is 215 Å². The maximum absolute atomic E-state index is 11.2. The van der Waals surface area contributed by atoms with E-state index < -0.39 is 261 Å². The summed E-state index contributed by atoms with van der Waals surface area (Å²) in [6, 6.07) is 0. The number of methoxy groups -OCH3 is 14. The Hall–Kier alpha value is -2.70. The maximum Gasteiger partial charge on any atom is 0.187 e. The van der Waals surface area contributed by atoms with E-state index in [1.807, 2.05) is 0 Å². The SMILES string of the molecule is CO[C@@H]1[C@@H](OC)[C@H]2O[C@H]3[C@H](OC)[C@@H](OC)[C@@H](O[C@H]4[C@@H](OC)[C@H](OC)[C@@H](O[C@H]5[C@H](OC)[C@H](OC)[C@@H](O[C@H]6[C@H](OC)[C@@H](OC)[C@@H](O[C@H]7[C@H](OC)[C@@H](OC)[C@@H](O[C@H]8[C@H](OC)[C@@H](OC)[C@@H](O[C@@H]1[C@H](CO)O2)O[C@H]8CO)O[C@H]7CO)O[C@@H]6CO)O[C@@H]5CO)O[C@@H]4CN=[N+]=[N-])O[C@H]3CN=[N+]=[N-]. The van der Waals surface area contributed by atoms with Crippen LogP contribution >= 0.6 is 0 Å². The third-order valence-electron chi connectivity index (χ3n) is 18.5. The monoisotopic (exact) mass is 1380 g/mol. The van der Waals surface area contributed by atoms with Crippen LogP contribution in [0.1, 0.15) is 0 Å². The number of nitrogens with zero attached hydrogens (tertiary/aromatic N) is 6. The van der Waals surface area contributed by atoms with Crippen molar-refractivity contribution in [2.75, 3.05) is 146 Å². The molecule has 21 fully saturated rings. The predicted octanol–water partition coefficient (Wildman–Crippen LogP) is -3.44. The molecule has 21 saturated heterocycles. The van der Waals surface area contributed by atoms with Crippen molar-refractivity contribution < 1.29 is 158 Å². The molecular weight excluding hydrogens is 1280 g/mol. The molecule has 95 heavy (non-hydrogen) atoms. The first-order chi connectivity index (χ1) is 46.2. The lowest BCUT2D eigenvalue weighted by Crippen LogP contribution is -2.69. The van der Waals surface area contributed by atoms with Crippen LogP contribution in [-0.4, -0.2) is 386 Å². The zero-order chi connectivity index (χ0) is 68.8. The third kappa shape index (κ3) is 16.3. The standard InChI is InChI=1S/C56H96N6O33/c1-68-36-29-22(15-59-61-57)83-51(44(36)76-9)91-31-24(17-63)85-53(46(78-11)38(31)70-3)93-33-26(19-65)87-55(48(80-13)40(33)72-5)95-35-28(21-67)88-56(49(81-14)42(35)74-7)94-34-27(20-66)86-54(47(79-12)41(34)73-6)92-32-25(18-64)84-52(45(77-10)39(32)71-4)90-30-23(16-60-62-58)82-50(89-29)43(75-8)37(30)69-2/h22-56,63-67H,15-21H2,1-14H3/t22-,23+,24-,25+,26-,27+,28+,29-,30-,31-,32-,33-,34-,35-,36-,37+,38+,39+,40+,41+,42+,43-,44+,45-,46+,47-,48-,49-,50-,51-,52-,53-,54-,55-,56-/m1/s1. The second-order valence-electron chi connectivity index (χ2n) is 23.0. The van der Waals surface area contributed by atoms with E-state index in [1.165, 1.54) is 99.5 Å². The van der Waals surface area contributed by atoms with Gasteiger partial charge in [-0.25, -0.2) is 0 Å². The summed E-state index contributed by atoms with van der Waals surface area (Å²) in [5, 5.41) is 63.4. The van der Waals surface area contributed by atoms with Crippen LogP contribution in [0.3, 0.4) is 0 Å². The molecule has 0 aliphatic carbocycles. The molecular formula is C56H96N6O33. The summed E-state index contributed by atoms with van der Waals surface area (Å²) >= 11 is 0. The van der Waals surface area contributed by atoms with Crippen molar-refractivity contribution in [3.05, 3.63) is 20.9 Å². The molecule has 21 rings (SSSR count). The average Bonchev–Trinajstić information content (AvgIpc) is 0.779. The van der Waals surface area contributed by atoms with E-state index in [9.17, 15) is 36.6 Å². The van der Waals surface area contributed by atoms with E-state index in [1.54, 1.807) is 0 Å². The Morgan fingerprint density at radius 2 is 0.368 bits per heavy atom. The van der Waals surface area contributed by atoms with Crippen molar-refractivity contribution >= 4 is 0 Å². The molecule has 0 aromatic rings. The van der Waals surface area contributed by atoms with Crippen LogP contribution in [0, 0.1) is 0 Å². The minimum Gasteiger partial charge on any atom is -0.394 e. The van der Waals surface area contributed by atoms with Crippen LogP contribution in [0.5, 0.6) is 0 Å². The molecule has 0 aromatic heterocycles. The van der Waals surface area contributed by atoms with Gasteiger partial charge in [0.2, 0.25) is 0 Å². The number of ether oxygens (including phenoxy) is 28. The van der Waals surface area contributed by atoms with Gasteiger partial charge in [0.05, 0.1) is 58.3 Å². The molecule has 39 nitrogen and oxygen atoms in total. The minimum atomic E-state index is -1.46. The zero-order valence-corrected chi connectivity index (χ0v) is 55.5. The highest BCUT2D eigenvalue weighted by Crippen LogP contribution is 2.43. The van der Waals surface area contributed by atoms with Gasteiger partial charge in [-0.15, -0.1) is 0 Å². The normalized spacial score (nSPS) is 46.9. The van der Waals surface area contributed by atoms with Crippen LogP contribution in [0.25, 0.3) is 20.9 Å². The fourth-order valence-electron chi connectivity index (χ4n) is 14.0. The molecule has 39 heteroatoms. The van der Waals surface area contributed by atoms with Gasteiger partial charge < -0.3 is 158 Å². The van der Waals surface area contributed by atoms with Crippen molar-refractivity contribution in [2.24, 2.45) is 10.2 Å². The molecule has 14 bridgehead atoms. The second kappa shape index (κ2) is 37.3. The Bertz CT molecular complexity index is 2340. The summed E-state index contributed by atoms with van der Waals surface area (Å²) < 4.78 is 178. The van der Waals surface area contributed by atoms with Crippen LogP contribution in [0.15, 0.2) is 10.2 Å². The Labute approximate surface area is 548 Å². The van der Waals surface area contributed by atoms with Crippen LogP contribution in [-0.2, 0) is 133 Å². The quantitative estimate of drug-likeness (QED) is 0.0377. The predicted molar refractivity (Wildman–Crippen MR) is 309 cm³/mol. The summed E-state index contributed by atoms with van der Waals surface area (Å²) in [4.78, 5) is 5.98. The molecule has 0 unspecified atom stereocenters. The topological polar surface area (TPSA) is 457 Å². The maximum atomic E-state index is 11.2. The van der Waals surface area contributed by atoms with E-state index in [0.29, 0.717) is 0 Å². The molecule has 0 spiro atoms. The van der Waals surface area contributed by atoms with E-state index in [2.05, 4.69) is 20.1 Å². The van der Waals surface area contributed by atoms with Gasteiger partial charge in [0.25, 0.3) is 0 Å². The number of hydrogen-bond acceptors (Lipinski definition) is 35. The van der Waals surface area contributed by atoms with Crippen molar-refractivity contribution in [1.82, 2.24) is 0 Å². The van der Waals surface area contributed by atoms with E-state index in [0.717, 1.165) is 0 Å². The molecule has 0 amide bonds. The largest absolute Gasteiger partial charge is 0.394 e. The van der Waals surface area contributed by atoms with Gasteiger partial charge in [0, 0.05) is 109 Å². The molecule has 0 aromatic carbocycles. The second-order valence-corrected chi connectivity index (χ2v) is 23.0. The van der Waals surface area contributed by atoms with Gasteiger partial charge in [0.15, 0.2) is 44.0 Å². The minimum absolute atomic E-state index is 0.405. The number of aliphatic hydroxyl groups is 5. The molecule has 35 atom stereocenters. The Balaban J connectivity index is 1.22. The van der Waals surface area contributed by atoms with Crippen molar-refractivity contribution in [3.8, 4) is 0 Å². The van der Waals surface area contributed by atoms with Gasteiger partial charge >= 0.3 is 0 Å². The van der Waals surface area contributed by atoms with Crippen LogP contribution < -0.4 is 0 Å². The lowest BCUT2D eigenvalue weighted by Gasteiger charge is -2.52. The van der Waals surface area contributed by atoms with Gasteiger partial charge in [-0.1, -0.05) is 10.2 Å². The molecule has 5 N–H and O–H groups in total. The lowest BCUT2D eigenvalue weighted by atomic mass is 9.94. The van der Waals surface area contributed by atoms with Crippen molar-refractivity contribution in [1.29, 1.82) is 0 Å². The van der Waals surface area contributed by atoms with Crippen LogP contribution in [0.4, 0.5) is 0 Å². The Morgan fingerprint density at radius 3 is 0.495 bits per heavy atom. The smallest absolute Gasteiger partial charge is 0.187 e. The zero-order valence-electron chi connectivity index (χ0n) is 55.5. The molecule has 21 aliphatic heterocycles. The van der Waals surface area contributed by atoms with E-state index in [-0.39, 0.29) is 0 Å². The number of rotatable bonds is 23. The average molecular weight is 1380 g/mol. The van der Waals surface area contributed by atoms with Gasteiger partial charge in [0.1, 0.15) is 159 Å². The first-order valence-electron chi connectivity index (χ1n) is 30.8. The molecule has 548 valence electrons. The fourth-order valence-corrected chi connectivity index (χ4v) is 14.0. The Kier molecular flexibility index (Phi) is 30.6. The first-order valence-corrected chi connectivity index (χ1v) is 30.8. The van der Waals surface area contributed by atoms with Gasteiger partial charge in [-0.2, -0.15) is 0 Å². The highest BCUT2D eigenvalue weighted by atomic mass is 16.8. The molecule has 21 aliphatic rings. The van der Waals surface area contributed by atoms with Crippen LogP contribution in [0.2, 0.25) is 0 Å². The Morgan fingerprint density at radius 1 is 0.232 bits per heavy atom. The summed E-state index contributed by atoms with van der Waals surface area (Å²) in [5.74, 6) is 0. The number of aliphatic hydroxyl groups excluding tert-OH is 5. The highest BCUT2D eigenvalue weighted by Gasteiger charge is 2.62. The fraction of sp³-hybridized carbons (Fsp3) is 1.00. The lowest BCUT2D eigenvalue weighted by molar-refractivity contribution is -0.402. The van der Waals surface area contributed by atoms with E-state index >= 15 is 0 Å². The number of azide groups is 2. The summed E-state index contributed by atoms with van der Waals surface area (Å²) in [5.41, 5.74) is 19.5. The molecule has 0 radical (unpaired) electrons. The summed E-state index contributed by atoms with van der Waals surface area (Å²) in [7, 11) is 19.1. The highest BCUT2D eigenvalue weighted by molar-refractivity contribution is 5.04. The van der Waals surface area contributed by atoms with Gasteiger partial charge in [-0.3, -0.25) is 0 Å². The van der Waals surface area contributed by atoms with E-state index in [4.69, 9.17) is 133 Å². The van der Waals surface area contributed by atoms with Crippen molar-refractivity contribution in [3.63, 3.8) is 0 Å². The number of hydrogen-bond donors (Lipinski definition) is 5. The summed E-state index contributed by atoms with van der Waals surface area (Å²) in [6.07, 6.45) is -44.4. The first kappa shape index (κ1) is 78.0. The third-order valence-corrected chi connectivity index (χ3v) is 18.5. The van der Waals surface area contributed by atoms with Gasteiger partial charge in [-0.05, 0) is 11.1 Å². The summed E-state index contributed by atoms with van der Waals surface area (Å²) in [6.45, 7) is -4.36. The molecule has 0 saturated carbocycles. The molecule has 21 heterocycles.